The van der Waals surface area contributed by atoms with Gasteiger partial charge in [-0.15, -0.1) is 0 Å². The summed E-state index contributed by atoms with van der Waals surface area (Å²) in [4.78, 5) is 10.3. The van der Waals surface area contributed by atoms with E-state index < -0.39 is 6.10 Å². The van der Waals surface area contributed by atoms with E-state index >= 15 is 0 Å². The number of benzene rings is 2. The summed E-state index contributed by atoms with van der Waals surface area (Å²) in [6.45, 7) is 1.28. The Morgan fingerprint density at radius 1 is 1.12 bits per heavy atom. The smallest absolute Gasteiger partial charge is 0.225 e. The summed E-state index contributed by atoms with van der Waals surface area (Å²) < 4.78 is 5.16. The van der Waals surface area contributed by atoms with Gasteiger partial charge in [-0.1, -0.05) is 42.5 Å². The van der Waals surface area contributed by atoms with Crippen molar-refractivity contribution in [3.8, 4) is 5.88 Å². The number of nitrogen functional groups attached to an aromatic ring is 1. The lowest BCUT2D eigenvalue weighted by Gasteiger charge is -2.37. The number of piperidine rings is 1. The molecule has 2 heterocycles. The van der Waals surface area contributed by atoms with Crippen molar-refractivity contribution in [1.29, 1.82) is 0 Å². The van der Waals surface area contributed by atoms with Crippen molar-refractivity contribution >= 4 is 22.5 Å². The van der Waals surface area contributed by atoms with E-state index in [0.717, 1.165) is 13.0 Å². The van der Waals surface area contributed by atoms with Gasteiger partial charge < -0.3 is 20.5 Å². The number of aliphatic hydroxyl groups excluding tert-OH is 1. The Balaban J connectivity index is 1.55. The first-order valence-corrected chi connectivity index (χ1v) is 8.74. The van der Waals surface area contributed by atoms with Crippen molar-refractivity contribution in [2.24, 2.45) is 0 Å². The average molecular weight is 350 g/mol. The van der Waals surface area contributed by atoms with Gasteiger partial charge in [0.25, 0.3) is 0 Å². The molecule has 2 atom stereocenters. The molecule has 1 aliphatic rings. The number of β-amino-alcohol motifs (C(OH)–C–C–N with tert-alkyl or cyclic N) is 1. The van der Waals surface area contributed by atoms with Crippen LogP contribution in [0, 0.1) is 0 Å². The molecule has 4 rings (SSSR count). The molecule has 26 heavy (non-hydrogen) atoms. The highest BCUT2D eigenvalue weighted by Crippen LogP contribution is 2.32. The highest BCUT2D eigenvalue weighted by molar-refractivity contribution is 5.83. The fraction of sp³-hybridized carbons (Fsp3) is 0.300. The van der Waals surface area contributed by atoms with Crippen molar-refractivity contribution in [2.75, 3.05) is 30.8 Å². The number of nitrogens with zero attached hydrogens (tertiary/aromatic N) is 3. The Morgan fingerprint density at radius 2 is 1.92 bits per heavy atom. The molecular formula is C20H22N4O2. The van der Waals surface area contributed by atoms with Crippen LogP contribution in [0.2, 0.25) is 0 Å². The van der Waals surface area contributed by atoms with Crippen LogP contribution >= 0.6 is 0 Å². The number of ether oxygens (including phenoxy) is 1. The number of hydrogen-bond acceptors (Lipinski definition) is 6. The van der Waals surface area contributed by atoms with E-state index in [-0.39, 0.29) is 11.9 Å². The monoisotopic (exact) mass is 350 g/mol. The molecule has 3 aromatic rings. The largest absolute Gasteiger partial charge is 0.481 e. The topological polar surface area (TPSA) is 84.5 Å². The lowest BCUT2D eigenvalue weighted by atomic mass is 9.86. The van der Waals surface area contributed by atoms with Gasteiger partial charge in [-0.2, -0.15) is 9.97 Å². The van der Waals surface area contributed by atoms with Crippen LogP contribution in [0.4, 0.5) is 11.8 Å². The zero-order valence-corrected chi connectivity index (χ0v) is 14.7. The molecule has 6 heteroatoms. The fourth-order valence-electron chi connectivity index (χ4n) is 3.66. The SMILES string of the molecule is COc1cc(N2CCC(c3ccc4ccccc4c3)C(O)C2)nc(N)n1. The Labute approximate surface area is 152 Å². The van der Waals surface area contributed by atoms with Crippen molar-refractivity contribution in [2.45, 2.75) is 18.4 Å². The third-order valence-corrected chi connectivity index (χ3v) is 5.02. The van der Waals surface area contributed by atoms with Gasteiger partial charge in [-0.05, 0) is 22.8 Å². The normalized spacial score (nSPS) is 20.3. The summed E-state index contributed by atoms with van der Waals surface area (Å²) in [6.07, 6.45) is 0.359. The number of methoxy groups -OCH3 is 1. The first kappa shape index (κ1) is 16.6. The maximum Gasteiger partial charge on any atom is 0.225 e. The quantitative estimate of drug-likeness (QED) is 0.755. The van der Waals surface area contributed by atoms with Crippen LogP contribution in [0.1, 0.15) is 17.9 Å². The van der Waals surface area contributed by atoms with Crippen molar-refractivity contribution in [3.05, 3.63) is 54.1 Å². The van der Waals surface area contributed by atoms with Gasteiger partial charge in [0.2, 0.25) is 11.8 Å². The molecule has 134 valence electrons. The molecule has 1 fully saturated rings. The van der Waals surface area contributed by atoms with Crippen LogP contribution in [0.5, 0.6) is 5.88 Å². The lowest BCUT2D eigenvalue weighted by Crippen LogP contribution is -2.43. The van der Waals surface area contributed by atoms with E-state index in [9.17, 15) is 5.11 Å². The third kappa shape index (κ3) is 3.15. The lowest BCUT2D eigenvalue weighted by molar-refractivity contribution is 0.129. The first-order chi connectivity index (χ1) is 12.6. The predicted molar refractivity (Wildman–Crippen MR) is 103 cm³/mol. The molecule has 1 aromatic heterocycles. The molecule has 6 nitrogen and oxygen atoms in total. The van der Waals surface area contributed by atoms with Crippen molar-refractivity contribution < 1.29 is 9.84 Å². The Bertz CT molecular complexity index is 931. The zero-order chi connectivity index (χ0) is 18.1. The number of fused-ring (bicyclic) bond motifs is 1. The predicted octanol–water partition coefficient (Wildman–Crippen LogP) is 2.58. The summed E-state index contributed by atoms with van der Waals surface area (Å²) in [5, 5.41) is 13.2. The second-order valence-corrected chi connectivity index (χ2v) is 6.64. The molecule has 0 radical (unpaired) electrons. The van der Waals surface area contributed by atoms with E-state index in [0.29, 0.717) is 18.2 Å². The van der Waals surface area contributed by atoms with Crippen molar-refractivity contribution in [3.63, 3.8) is 0 Å². The van der Waals surface area contributed by atoms with Crippen LogP contribution in [0.3, 0.4) is 0 Å². The third-order valence-electron chi connectivity index (χ3n) is 5.02. The second kappa shape index (κ2) is 6.80. The Hall–Kier alpha value is -2.86. The molecule has 1 saturated heterocycles. The van der Waals surface area contributed by atoms with Gasteiger partial charge in [-0.25, -0.2) is 0 Å². The van der Waals surface area contributed by atoms with Crippen LogP contribution in [0.25, 0.3) is 10.8 Å². The van der Waals surface area contributed by atoms with Crippen molar-refractivity contribution in [1.82, 2.24) is 9.97 Å². The highest BCUT2D eigenvalue weighted by Gasteiger charge is 2.30. The van der Waals surface area contributed by atoms with Crippen LogP contribution in [0.15, 0.2) is 48.5 Å². The van der Waals surface area contributed by atoms with Gasteiger partial charge in [0, 0.05) is 25.1 Å². The van der Waals surface area contributed by atoms with Crippen LogP contribution in [-0.2, 0) is 0 Å². The number of anilines is 2. The molecule has 2 unspecified atom stereocenters. The minimum Gasteiger partial charge on any atom is -0.481 e. The van der Waals surface area contributed by atoms with E-state index in [1.54, 1.807) is 13.2 Å². The summed E-state index contributed by atoms with van der Waals surface area (Å²) in [5.41, 5.74) is 6.93. The standard InChI is InChI=1S/C20H22N4O2/c1-26-19-11-18(22-20(21)23-19)24-9-8-16(17(25)12-24)15-7-6-13-4-2-3-5-14(13)10-15/h2-7,10-11,16-17,25H,8-9,12H2,1H3,(H2,21,22,23). The highest BCUT2D eigenvalue weighted by atomic mass is 16.5. The Kier molecular flexibility index (Phi) is 4.34. The van der Waals surface area contributed by atoms with E-state index in [2.05, 4.69) is 40.3 Å². The summed E-state index contributed by atoms with van der Waals surface area (Å²) >= 11 is 0. The number of aromatic nitrogens is 2. The summed E-state index contributed by atoms with van der Waals surface area (Å²) in [7, 11) is 1.55. The molecule has 1 aliphatic heterocycles. The molecule has 0 saturated carbocycles. The number of hydrogen-bond donors (Lipinski definition) is 2. The number of aliphatic hydroxyl groups is 1. The second-order valence-electron chi connectivity index (χ2n) is 6.64. The van der Waals surface area contributed by atoms with E-state index in [4.69, 9.17) is 10.5 Å². The molecular weight excluding hydrogens is 328 g/mol. The van der Waals surface area contributed by atoms with E-state index in [1.165, 1.54) is 16.3 Å². The van der Waals surface area contributed by atoms with Gasteiger partial charge in [-0.3, -0.25) is 0 Å². The van der Waals surface area contributed by atoms with E-state index in [1.807, 2.05) is 17.0 Å². The summed E-state index contributed by atoms with van der Waals surface area (Å²) in [6, 6.07) is 16.5. The fourth-order valence-corrected chi connectivity index (χ4v) is 3.66. The average Bonchev–Trinajstić information content (AvgIpc) is 2.67. The minimum absolute atomic E-state index is 0.108. The molecule has 2 aromatic carbocycles. The summed E-state index contributed by atoms with van der Waals surface area (Å²) in [5.74, 6) is 1.39. The number of nitrogens with two attached hydrogens (primary N) is 1. The van der Waals surface area contributed by atoms with Gasteiger partial charge in [0.1, 0.15) is 5.82 Å². The molecule has 0 bridgehead atoms. The van der Waals surface area contributed by atoms with Gasteiger partial charge in [0.05, 0.1) is 13.2 Å². The molecule has 0 amide bonds. The molecule has 0 aliphatic carbocycles. The maximum absolute atomic E-state index is 10.8. The number of rotatable bonds is 3. The van der Waals surface area contributed by atoms with Crippen LogP contribution in [-0.4, -0.2) is 41.4 Å². The zero-order valence-electron chi connectivity index (χ0n) is 14.7. The van der Waals surface area contributed by atoms with Gasteiger partial charge >= 0.3 is 0 Å². The molecule has 0 spiro atoms. The minimum atomic E-state index is -0.480. The maximum atomic E-state index is 10.8. The molecule has 3 N–H and O–H groups in total. The Morgan fingerprint density at radius 3 is 2.69 bits per heavy atom. The van der Waals surface area contributed by atoms with Gasteiger partial charge in [0.15, 0.2) is 0 Å². The first-order valence-electron chi connectivity index (χ1n) is 8.74. The van der Waals surface area contributed by atoms with Crippen LogP contribution < -0.4 is 15.4 Å².